The Bertz CT molecular complexity index is 744. The van der Waals surface area contributed by atoms with Crippen LogP contribution in [0, 0.1) is 10.1 Å². The van der Waals surface area contributed by atoms with Crippen LogP contribution in [0.1, 0.15) is 56.8 Å². The van der Waals surface area contributed by atoms with Gasteiger partial charge in [0.15, 0.2) is 0 Å². The van der Waals surface area contributed by atoms with E-state index in [1.54, 1.807) is 32.9 Å². The Labute approximate surface area is 164 Å². The molecule has 2 rings (SSSR count). The summed E-state index contributed by atoms with van der Waals surface area (Å²) >= 11 is 0. The van der Waals surface area contributed by atoms with Gasteiger partial charge in [0, 0.05) is 30.8 Å². The van der Waals surface area contributed by atoms with Gasteiger partial charge in [-0.3, -0.25) is 14.9 Å². The Hall–Kier alpha value is -2.84. The SMILES string of the molecule is CNC(=O)c1ccc(NC2CCCC(NC(=O)OC(C)(C)C)C2)c([N+](=O)[O-])c1. The molecule has 1 aliphatic carbocycles. The Kier molecular flexibility index (Phi) is 6.82. The molecule has 0 spiro atoms. The summed E-state index contributed by atoms with van der Waals surface area (Å²) in [5.41, 5.74) is -0.124. The van der Waals surface area contributed by atoms with Gasteiger partial charge in [0.25, 0.3) is 11.6 Å². The van der Waals surface area contributed by atoms with E-state index in [0.717, 1.165) is 19.3 Å². The van der Waals surface area contributed by atoms with Gasteiger partial charge in [-0.1, -0.05) is 0 Å². The molecule has 1 aliphatic rings. The van der Waals surface area contributed by atoms with Gasteiger partial charge in [-0.25, -0.2) is 4.79 Å². The molecule has 0 aromatic heterocycles. The lowest BCUT2D eigenvalue weighted by molar-refractivity contribution is -0.384. The van der Waals surface area contributed by atoms with Crippen LogP contribution in [0.15, 0.2) is 18.2 Å². The maximum absolute atomic E-state index is 12.0. The molecule has 154 valence electrons. The average Bonchev–Trinajstić information content (AvgIpc) is 2.59. The molecule has 3 N–H and O–H groups in total. The third-order valence-corrected chi connectivity index (χ3v) is 4.44. The third-order valence-electron chi connectivity index (χ3n) is 4.44. The Balaban J connectivity index is 2.05. The molecule has 1 fully saturated rings. The van der Waals surface area contributed by atoms with E-state index in [1.165, 1.54) is 13.1 Å². The van der Waals surface area contributed by atoms with Crippen molar-refractivity contribution in [3.05, 3.63) is 33.9 Å². The molecule has 2 amide bonds. The minimum Gasteiger partial charge on any atom is -0.444 e. The molecule has 28 heavy (non-hydrogen) atoms. The fourth-order valence-electron chi connectivity index (χ4n) is 3.24. The lowest BCUT2D eigenvalue weighted by Crippen LogP contribution is -2.43. The van der Waals surface area contributed by atoms with Crippen molar-refractivity contribution in [2.75, 3.05) is 12.4 Å². The second-order valence-corrected chi connectivity index (χ2v) is 7.92. The van der Waals surface area contributed by atoms with Gasteiger partial charge >= 0.3 is 6.09 Å². The molecule has 0 saturated heterocycles. The third kappa shape index (κ3) is 6.11. The number of nitro benzene ring substituents is 1. The molecule has 0 aliphatic heterocycles. The second kappa shape index (κ2) is 8.90. The zero-order valence-electron chi connectivity index (χ0n) is 16.7. The highest BCUT2D eigenvalue weighted by molar-refractivity contribution is 5.95. The van der Waals surface area contributed by atoms with Crippen molar-refractivity contribution in [1.82, 2.24) is 10.6 Å². The summed E-state index contributed by atoms with van der Waals surface area (Å²) in [4.78, 5) is 34.6. The summed E-state index contributed by atoms with van der Waals surface area (Å²) < 4.78 is 5.29. The molecule has 1 saturated carbocycles. The van der Waals surface area contributed by atoms with E-state index in [2.05, 4.69) is 16.0 Å². The minimum atomic E-state index is -0.566. The summed E-state index contributed by atoms with van der Waals surface area (Å²) in [5, 5.41) is 20.0. The van der Waals surface area contributed by atoms with Gasteiger partial charge in [-0.2, -0.15) is 0 Å². The molecule has 0 bridgehead atoms. The van der Waals surface area contributed by atoms with E-state index in [9.17, 15) is 19.7 Å². The average molecular weight is 392 g/mol. The molecule has 0 radical (unpaired) electrons. The zero-order valence-corrected chi connectivity index (χ0v) is 16.7. The number of nitrogens with one attached hydrogen (secondary N) is 3. The number of carbonyl (C=O) groups excluding carboxylic acids is 2. The molecular weight excluding hydrogens is 364 g/mol. The van der Waals surface area contributed by atoms with Gasteiger partial charge in [0.1, 0.15) is 11.3 Å². The maximum Gasteiger partial charge on any atom is 0.407 e. The number of rotatable bonds is 5. The molecule has 1 aromatic rings. The van der Waals surface area contributed by atoms with Crippen LogP contribution in [0.25, 0.3) is 0 Å². The van der Waals surface area contributed by atoms with Crippen molar-refractivity contribution in [2.24, 2.45) is 0 Å². The molecular formula is C19H28N4O5. The summed E-state index contributed by atoms with van der Waals surface area (Å²) in [6, 6.07) is 4.27. The van der Waals surface area contributed by atoms with Gasteiger partial charge < -0.3 is 20.7 Å². The monoisotopic (exact) mass is 392 g/mol. The van der Waals surface area contributed by atoms with Crippen LogP contribution in [0.4, 0.5) is 16.2 Å². The number of hydrogen-bond acceptors (Lipinski definition) is 6. The summed E-state index contributed by atoms with van der Waals surface area (Å²) in [6.07, 6.45) is 2.71. The molecule has 9 nitrogen and oxygen atoms in total. The van der Waals surface area contributed by atoms with Crippen molar-refractivity contribution in [2.45, 2.75) is 64.1 Å². The quantitative estimate of drug-likeness (QED) is 0.522. The lowest BCUT2D eigenvalue weighted by atomic mass is 9.90. The fraction of sp³-hybridized carbons (Fsp3) is 0.579. The largest absolute Gasteiger partial charge is 0.444 e. The number of nitro groups is 1. The smallest absolute Gasteiger partial charge is 0.407 e. The van der Waals surface area contributed by atoms with Crippen molar-refractivity contribution in [3.8, 4) is 0 Å². The predicted octanol–water partition coefficient (Wildman–Crippen LogP) is 3.20. The topological polar surface area (TPSA) is 123 Å². The normalized spacial score (nSPS) is 19.4. The summed E-state index contributed by atoms with van der Waals surface area (Å²) in [7, 11) is 1.47. The molecule has 2 unspecified atom stereocenters. The van der Waals surface area contributed by atoms with E-state index in [4.69, 9.17) is 4.74 Å². The standard InChI is InChI=1S/C19H28N4O5/c1-19(2,3)28-18(25)22-14-7-5-6-13(11-14)21-15-9-8-12(17(24)20-4)10-16(15)23(26)27/h8-10,13-14,21H,5-7,11H2,1-4H3,(H,20,24)(H,22,25). The molecule has 9 heteroatoms. The molecule has 1 aromatic carbocycles. The maximum atomic E-state index is 12.0. The Morgan fingerprint density at radius 2 is 1.89 bits per heavy atom. The number of benzene rings is 1. The summed E-state index contributed by atoms with van der Waals surface area (Å²) in [6.45, 7) is 5.41. The van der Waals surface area contributed by atoms with Crippen molar-refractivity contribution in [3.63, 3.8) is 0 Å². The van der Waals surface area contributed by atoms with Crippen molar-refractivity contribution in [1.29, 1.82) is 0 Å². The number of carbonyl (C=O) groups is 2. The van der Waals surface area contributed by atoms with Gasteiger partial charge in [0.05, 0.1) is 4.92 Å². The number of hydrogen-bond donors (Lipinski definition) is 3. The zero-order chi connectivity index (χ0) is 20.9. The van der Waals surface area contributed by atoms with Crippen LogP contribution < -0.4 is 16.0 Å². The highest BCUT2D eigenvalue weighted by Crippen LogP contribution is 2.29. The van der Waals surface area contributed by atoms with Crippen LogP contribution in [-0.2, 0) is 4.74 Å². The molecule has 0 heterocycles. The van der Waals surface area contributed by atoms with Crippen molar-refractivity contribution < 1.29 is 19.2 Å². The molecule has 2 atom stereocenters. The highest BCUT2D eigenvalue weighted by Gasteiger charge is 2.27. The number of alkyl carbamates (subject to hydrolysis) is 1. The van der Waals surface area contributed by atoms with E-state index in [1.807, 2.05) is 0 Å². The Morgan fingerprint density at radius 1 is 1.21 bits per heavy atom. The van der Waals surface area contributed by atoms with Crippen molar-refractivity contribution >= 4 is 23.4 Å². The van der Waals surface area contributed by atoms with Gasteiger partial charge in [-0.15, -0.1) is 0 Å². The fourth-order valence-corrected chi connectivity index (χ4v) is 3.24. The van der Waals surface area contributed by atoms with E-state index in [0.29, 0.717) is 12.1 Å². The van der Waals surface area contributed by atoms with E-state index >= 15 is 0 Å². The van der Waals surface area contributed by atoms with Crippen LogP contribution >= 0.6 is 0 Å². The van der Waals surface area contributed by atoms with E-state index < -0.39 is 16.6 Å². The minimum absolute atomic E-state index is 0.0294. The van der Waals surface area contributed by atoms with Gasteiger partial charge in [-0.05, 0) is 58.6 Å². The highest BCUT2D eigenvalue weighted by atomic mass is 16.6. The number of amides is 2. The van der Waals surface area contributed by atoms with E-state index in [-0.39, 0.29) is 29.2 Å². The van der Waals surface area contributed by atoms with Crippen LogP contribution in [0.5, 0.6) is 0 Å². The first-order valence-electron chi connectivity index (χ1n) is 9.35. The lowest BCUT2D eigenvalue weighted by Gasteiger charge is -2.31. The summed E-state index contributed by atoms with van der Waals surface area (Å²) in [5.74, 6) is -0.381. The predicted molar refractivity (Wildman–Crippen MR) is 106 cm³/mol. The number of anilines is 1. The Morgan fingerprint density at radius 3 is 2.50 bits per heavy atom. The first-order chi connectivity index (χ1) is 13.1. The number of ether oxygens (including phenoxy) is 1. The first-order valence-corrected chi connectivity index (χ1v) is 9.35. The first kappa shape index (κ1) is 21.5. The van der Waals surface area contributed by atoms with Crippen LogP contribution in [0.2, 0.25) is 0 Å². The number of nitrogens with zero attached hydrogens (tertiary/aromatic N) is 1. The van der Waals surface area contributed by atoms with Gasteiger partial charge in [0.2, 0.25) is 0 Å². The second-order valence-electron chi connectivity index (χ2n) is 7.92. The van der Waals surface area contributed by atoms with Crippen LogP contribution in [0.3, 0.4) is 0 Å². The van der Waals surface area contributed by atoms with Crippen LogP contribution in [-0.4, -0.2) is 41.7 Å².